The van der Waals surface area contributed by atoms with Gasteiger partial charge in [-0.15, -0.1) is 0 Å². The number of fused-ring (bicyclic) bond motifs is 1. The molecule has 8 heteroatoms. The number of hydrogen-bond acceptors (Lipinski definition) is 4. The second kappa shape index (κ2) is 9.08. The lowest BCUT2D eigenvalue weighted by Gasteiger charge is -2.21. The second-order valence-corrected chi connectivity index (χ2v) is 7.36. The fourth-order valence-electron chi connectivity index (χ4n) is 3.14. The van der Waals surface area contributed by atoms with Gasteiger partial charge >= 0.3 is 6.18 Å². The molecule has 0 spiro atoms. The van der Waals surface area contributed by atoms with Gasteiger partial charge in [-0.25, -0.2) is 0 Å². The van der Waals surface area contributed by atoms with Crippen LogP contribution in [0.2, 0.25) is 5.02 Å². The molecule has 0 saturated carbocycles. The van der Waals surface area contributed by atoms with Crippen molar-refractivity contribution in [2.75, 3.05) is 13.4 Å². The van der Waals surface area contributed by atoms with Crippen LogP contribution < -0.4 is 14.2 Å². The normalized spacial score (nSPS) is 13.8. The van der Waals surface area contributed by atoms with Crippen molar-refractivity contribution in [3.63, 3.8) is 0 Å². The molecule has 0 fully saturated rings. The Kier molecular flexibility index (Phi) is 6.25. The molecular weight excluding hydrogens is 433 g/mol. The van der Waals surface area contributed by atoms with E-state index in [0.717, 1.165) is 0 Å². The van der Waals surface area contributed by atoms with Gasteiger partial charge in [0.25, 0.3) is 0 Å². The van der Waals surface area contributed by atoms with Crippen LogP contribution in [0.1, 0.15) is 17.0 Å². The number of ether oxygens (including phenoxy) is 4. The lowest BCUT2D eigenvalue weighted by Crippen LogP contribution is -2.25. The maximum absolute atomic E-state index is 13.6. The number of hydrogen-bond donors (Lipinski definition) is 0. The van der Waals surface area contributed by atoms with E-state index in [0.29, 0.717) is 33.6 Å². The van der Waals surface area contributed by atoms with Crippen molar-refractivity contribution in [1.82, 2.24) is 0 Å². The summed E-state index contributed by atoms with van der Waals surface area (Å²) in [6.07, 6.45) is -4.47. The van der Waals surface area contributed by atoms with E-state index in [1.165, 1.54) is 18.2 Å². The smallest absolute Gasteiger partial charge is 0.397 e. The van der Waals surface area contributed by atoms with Crippen molar-refractivity contribution in [3.8, 4) is 23.0 Å². The monoisotopic (exact) mass is 450 g/mol. The quantitative estimate of drug-likeness (QED) is 0.400. The van der Waals surface area contributed by atoms with Crippen LogP contribution in [0.25, 0.3) is 0 Å². The van der Waals surface area contributed by atoms with Gasteiger partial charge in [0.05, 0.1) is 13.2 Å². The van der Waals surface area contributed by atoms with Crippen LogP contribution in [0.4, 0.5) is 13.2 Å². The summed E-state index contributed by atoms with van der Waals surface area (Å²) in [4.78, 5) is 0. The molecule has 1 heterocycles. The number of alkyl halides is 3. The Balaban J connectivity index is 1.40. The van der Waals surface area contributed by atoms with Crippen molar-refractivity contribution in [1.29, 1.82) is 0 Å². The topological polar surface area (TPSA) is 36.9 Å². The first kappa shape index (κ1) is 21.3. The van der Waals surface area contributed by atoms with Gasteiger partial charge in [-0.1, -0.05) is 29.8 Å². The number of benzene rings is 3. The molecule has 0 bridgehead atoms. The molecule has 3 aromatic rings. The lowest BCUT2D eigenvalue weighted by molar-refractivity contribution is -0.163. The van der Waals surface area contributed by atoms with Crippen LogP contribution in [-0.4, -0.2) is 19.6 Å². The predicted molar refractivity (Wildman–Crippen MR) is 109 cm³/mol. The number of rotatable bonds is 7. The average Bonchev–Trinajstić information content (AvgIpc) is 3.20. The van der Waals surface area contributed by atoms with Crippen LogP contribution in [0.5, 0.6) is 23.0 Å². The standard InChI is InChI=1S/C23H18ClF3O4/c24-17-5-7-18(8-6-17)31-19-3-1-2-15(10-19)12-28-13-20(23(25,26)27)16-4-9-21-22(11-16)30-14-29-21/h1-11,20H,12-14H2. The van der Waals surface area contributed by atoms with E-state index in [2.05, 4.69) is 0 Å². The second-order valence-electron chi connectivity index (χ2n) is 6.93. The Hall–Kier alpha value is -2.90. The molecule has 0 saturated heterocycles. The van der Waals surface area contributed by atoms with Crippen LogP contribution in [0.15, 0.2) is 66.7 Å². The van der Waals surface area contributed by atoms with E-state index in [4.69, 9.17) is 30.5 Å². The van der Waals surface area contributed by atoms with E-state index >= 15 is 0 Å². The first-order valence-corrected chi connectivity index (χ1v) is 9.83. The molecule has 0 N–H and O–H groups in total. The van der Waals surface area contributed by atoms with Gasteiger partial charge in [0.1, 0.15) is 17.4 Å². The van der Waals surface area contributed by atoms with E-state index in [9.17, 15) is 13.2 Å². The van der Waals surface area contributed by atoms with Gasteiger partial charge in [-0.3, -0.25) is 0 Å². The van der Waals surface area contributed by atoms with Gasteiger partial charge in [-0.2, -0.15) is 13.2 Å². The lowest BCUT2D eigenvalue weighted by atomic mass is 9.99. The zero-order valence-corrected chi connectivity index (χ0v) is 17.0. The maximum atomic E-state index is 13.6. The van der Waals surface area contributed by atoms with Crippen molar-refractivity contribution >= 4 is 11.6 Å². The summed E-state index contributed by atoms with van der Waals surface area (Å²) in [6, 6.07) is 18.1. The van der Waals surface area contributed by atoms with Crippen molar-refractivity contribution in [2.45, 2.75) is 18.7 Å². The third-order valence-corrected chi connectivity index (χ3v) is 4.95. The molecule has 4 nitrogen and oxygen atoms in total. The van der Waals surface area contributed by atoms with Crippen LogP contribution in [-0.2, 0) is 11.3 Å². The summed E-state index contributed by atoms with van der Waals surface area (Å²) in [5, 5.41) is 0.594. The highest BCUT2D eigenvalue weighted by Crippen LogP contribution is 2.40. The summed E-state index contributed by atoms with van der Waals surface area (Å²) in [6.45, 7) is -0.513. The molecule has 162 valence electrons. The molecule has 1 atom stereocenters. The van der Waals surface area contributed by atoms with Crippen LogP contribution in [0, 0.1) is 0 Å². The summed E-state index contributed by atoms with van der Waals surface area (Å²) >= 11 is 5.86. The molecule has 1 aliphatic rings. The van der Waals surface area contributed by atoms with Gasteiger partial charge < -0.3 is 18.9 Å². The highest BCUT2D eigenvalue weighted by molar-refractivity contribution is 6.30. The zero-order valence-electron chi connectivity index (χ0n) is 16.2. The highest BCUT2D eigenvalue weighted by atomic mass is 35.5. The van der Waals surface area contributed by atoms with E-state index in [1.54, 1.807) is 48.5 Å². The fourth-order valence-corrected chi connectivity index (χ4v) is 3.27. The van der Waals surface area contributed by atoms with Crippen LogP contribution >= 0.6 is 11.6 Å². The molecule has 1 aliphatic heterocycles. The van der Waals surface area contributed by atoms with Crippen LogP contribution in [0.3, 0.4) is 0 Å². The Morgan fingerprint density at radius 3 is 2.45 bits per heavy atom. The fraction of sp³-hybridized carbons (Fsp3) is 0.217. The highest BCUT2D eigenvalue weighted by Gasteiger charge is 2.41. The summed E-state index contributed by atoms with van der Waals surface area (Å²) in [5.41, 5.74) is 0.759. The van der Waals surface area contributed by atoms with Crippen molar-refractivity contribution in [2.24, 2.45) is 0 Å². The third-order valence-electron chi connectivity index (χ3n) is 4.70. The first-order chi connectivity index (χ1) is 14.9. The Morgan fingerprint density at radius 1 is 0.903 bits per heavy atom. The van der Waals surface area contributed by atoms with Crippen molar-refractivity contribution in [3.05, 3.63) is 82.9 Å². The average molecular weight is 451 g/mol. The third kappa shape index (κ3) is 5.42. The van der Waals surface area contributed by atoms with E-state index in [-0.39, 0.29) is 19.0 Å². The number of halogens is 4. The van der Waals surface area contributed by atoms with Gasteiger partial charge in [0.2, 0.25) is 6.79 Å². The Labute approximate surface area is 182 Å². The first-order valence-electron chi connectivity index (χ1n) is 9.45. The molecular formula is C23H18ClF3O4. The predicted octanol–water partition coefficient (Wildman–Crippen LogP) is 6.72. The largest absolute Gasteiger partial charge is 0.457 e. The summed E-state index contributed by atoms with van der Waals surface area (Å²) in [5.74, 6) is 0.103. The molecule has 0 radical (unpaired) electrons. The molecule has 4 rings (SSSR count). The minimum absolute atomic E-state index is 0.000400. The molecule has 31 heavy (non-hydrogen) atoms. The summed E-state index contributed by atoms with van der Waals surface area (Å²) < 4.78 is 62.5. The van der Waals surface area contributed by atoms with Gasteiger partial charge in [0, 0.05) is 5.02 Å². The molecule has 3 aromatic carbocycles. The van der Waals surface area contributed by atoms with Gasteiger partial charge in [0.15, 0.2) is 11.5 Å². The zero-order chi connectivity index (χ0) is 21.8. The summed E-state index contributed by atoms with van der Waals surface area (Å²) in [7, 11) is 0. The van der Waals surface area contributed by atoms with Gasteiger partial charge in [-0.05, 0) is 59.7 Å². The SMILES string of the molecule is FC(F)(F)C(COCc1cccc(Oc2ccc(Cl)cc2)c1)c1ccc2c(c1)OCO2. The molecule has 1 unspecified atom stereocenters. The van der Waals surface area contributed by atoms with Crippen molar-refractivity contribution < 1.29 is 32.1 Å². The van der Waals surface area contributed by atoms with E-state index < -0.39 is 18.7 Å². The Bertz CT molecular complexity index is 1040. The minimum atomic E-state index is -4.47. The molecule has 0 aliphatic carbocycles. The minimum Gasteiger partial charge on any atom is -0.457 e. The maximum Gasteiger partial charge on any atom is 0.397 e. The van der Waals surface area contributed by atoms with E-state index in [1.807, 2.05) is 0 Å². The molecule has 0 amide bonds. The molecule has 0 aromatic heterocycles. The Morgan fingerprint density at radius 2 is 1.68 bits per heavy atom.